The smallest absolute Gasteiger partial charge is 0.273 e. The highest BCUT2D eigenvalue weighted by Crippen LogP contribution is 2.18. The van der Waals surface area contributed by atoms with E-state index < -0.39 is 0 Å². The van der Waals surface area contributed by atoms with E-state index in [0.717, 1.165) is 6.54 Å². The van der Waals surface area contributed by atoms with Gasteiger partial charge in [-0.3, -0.25) is 4.79 Å². The lowest BCUT2D eigenvalue weighted by atomic mass is 9.97. The van der Waals surface area contributed by atoms with E-state index in [1.54, 1.807) is 13.8 Å². The van der Waals surface area contributed by atoms with E-state index in [1.807, 2.05) is 0 Å². The first-order valence-corrected chi connectivity index (χ1v) is 7.43. The Kier molecular flexibility index (Phi) is 4.81. The maximum Gasteiger partial charge on any atom is 0.273 e. The Balaban J connectivity index is 1.86. The van der Waals surface area contributed by atoms with E-state index in [4.69, 9.17) is 4.42 Å². The number of rotatable bonds is 4. The summed E-state index contributed by atoms with van der Waals surface area (Å²) in [6.45, 7) is 10.9. The normalized spacial score (nSPS) is 20.4. The molecule has 112 valence electrons. The van der Waals surface area contributed by atoms with Crippen molar-refractivity contribution in [3.63, 3.8) is 0 Å². The van der Waals surface area contributed by atoms with Crippen molar-refractivity contribution in [2.75, 3.05) is 19.6 Å². The molecule has 0 bridgehead atoms. The third kappa shape index (κ3) is 3.60. The van der Waals surface area contributed by atoms with Crippen LogP contribution < -0.4 is 5.32 Å². The number of likely N-dealkylation sites (tertiary alicyclic amines) is 1. The lowest BCUT2D eigenvalue weighted by Crippen LogP contribution is -2.43. The Morgan fingerprint density at radius 2 is 2.25 bits per heavy atom. The van der Waals surface area contributed by atoms with E-state index >= 15 is 0 Å². The first-order chi connectivity index (χ1) is 9.47. The minimum atomic E-state index is -0.124. The van der Waals surface area contributed by atoms with Gasteiger partial charge in [0.05, 0.1) is 0 Å². The van der Waals surface area contributed by atoms with E-state index in [2.05, 4.69) is 29.0 Å². The zero-order chi connectivity index (χ0) is 14.7. The van der Waals surface area contributed by atoms with Crippen LogP contribution in [0, 0.1) is 19.8 Å². The van der Waals surface area contributed by atoms with Crippen molar-refractivity contribution in [2.24, 2.45) is 5.92 Å². The number of nitrogens with zero attached hydrogens (tertiary/aromatic N) is 2. The summed E-state index contributed by atoms with van der Waals surface area (Å²) < 4.78 is 5.30. The Hall–Kier alpha value is -1.36. The molecular formula is C15H25N3O2. The molecule has 0 radical (unpaired) electrons. The largest absolute Gasteiger partial charge is 0.445 e. The molecule has 2 rings (SSSR count). The lowest BCUT2D eigenvalue weighted by Gasteiger charge is -2.35. The predicted octanol–water partition coefficient (Wildman–Crippen LogP) is 2.14. The standard InChI is InChI=1S/C15H25N3O2/c1-10(2)18-7-5-6-13(9-18)8-16-15(19)14-11(3)20-12(4)17-14/h10,13H,5-9H2,1-4H3,(H,16,19)/t13-/m1/s1. The maximum absolute atomic E-state index is 12.1. The summed E-state index contributed by atoms with van der Waals surface area (Å²) in [5.41, 5.74) is 0.416. The van der Waals surface area contributed by atoms with Gasteiger partial charge >= 0.3 is 0 Å². The van der Waals surface area contributed by atoms with Gasteiger partial charge in [0.1, 0.15) is 5.76 Å². The highest BCUT2D eigenvalue weighted by Gasteiger charge is 2.23. The van der Waals surface area contributed by atoms with Gasteiger partial charge in [-0.2, -0.15) is 0 Å². The maximum atomic E-state index is 12.1. The zero-order valence-electron chi connectivity index (χ0n) is 12.9. The van der Waals surface area contributed by atoms with Crippen LogP contribution in [0.15, 0.2) is 4.42 Å². The number of aromatic nitrogens is 1. The summed E-state index contributed by atoms with van der Waals surface area (Å²) in [6.07, 6.45) is 2.39. The van der Waals surface area contributed by atoms with Crippen LogP contribution in [-0.4, -0.2) is 41.5 Å². The van der Waals surface area contributed by atoms with Crippen molar-refractivity contribution >= 4 is 5.91 Å². The average molecular weight is 279 g/mol. The second kappa shape index (κ2) is 6.39. The molecule has 1 fully saturated rings. The van der Waals surface area contributed by atoms with E-state index in [9.17, 15) is 4.79 Å². The number of nitrogens with one attached hydrogen (secondary N) is 1. The fourth-order valence-electron chi connectivity index (χ4n) is 2.79. The average Bonchev–Trinajstić information content (AvgIpc) is 2.75. The quantitative estimate of drug-likeness (QED) is 0.917. The summed E-state index contributed by atoms with van der Waals surface area (Å²) in [5.74, 6) is 1.54. The molecule has 1 N–H and O–H groups in total. The van der Waals surface area contributed by atoms with Crippen molar-refractivity contribution in [3.8, 4) is 0 Å². The Morgan fingerprint density at radius 1 is 1.50 bits per heavy atom. The molecule has 1 aliphatic heterocycles. The molecule has 1 aromatic rings. The predicted molar refractivity (Wildman–Crippen MR) is 77.7 cm³/mol. The SMILES string of the molecule is Cc1nc(C(=O)NC[C@H]2CCCN(C(C)C)C2)c(C)o1. The van der Waals surface area contributed by atoms with Crippen molar-refractivity contribution in [2.45, 2.75) is 46.6 Å². The summed E-state index contributed by atoms with van der Waals surface area (Å²) in [5, 5.41) is 2.99. The topological polar surface area (TPSA) is 58.4 Å². The van der Waals surface area contributed by atoms with Crippen LogP contribution in [0.5, 0.6) is 0 Å². The fourth-order valence-corrected chi connectivity index (χ4v) is 2.79. The number of piperidine rings is 1. The van der Waals surface area contributed by atoms with Crippen LogP contribution in [0.4, 0.5) is 0 Å². The van der Waals surface area contributed by atoms with Crippen LogP contribution in [0.3, 0.4) is 0 Å². The highest BCUT2D eigenvalue weighted by atomic mass is 16.4. The number of hydrogen-bond donors (Lipinski definition) is 1. The Bertz CT molecular complexity index is 468. The van der Waals surface area contributed by atoms with Crippen LogP contribution in [0.25, 0.3) is 0 Å². The van der Waals surface area contributed by atoms with Gasteiger partial charge in [0, 0.05) is 26.1 Å². The molecular weight excluding hydrogens is 254 g/mol. The molecule has 5 nitrogen and oxygen atoms in total. The molecule has 0 spiro atoms. The fraction of sp³-hybridized carbons (Fsp3) is 0.733. The van der Waals surface area contributed by atoms with Crippen molar-refractivity contribution in [1.29, 1.82) is 0 Å². The van der Waals surface area contributed by atoms with Crippen molar-refractivity contribution in [1.82, 2.24) is 15.2 Å². The minimum Gasteiger partial charge on any atom is -0.445 e. The number of hydrogen-bond acceptors (Lipinski definition) is 4. The second-order valence-electron chi connectivity index (χ2n) is 5.94. The third-order valence-corrected chi connectivity index (χ3v) is 3.95. The summed E-state index contributed by atoms with van der Waals surface area (Å²) in [7, 11) is 0. The van der Waals surface area contributed by atoms with Crippen molar-refractivity contribution in [3.05, 3.63) is 17.3 Å². The van der Waals surface area contributed by atoms with Crippen LogP contribution in [0.2, 0.25) is 0 Å². The van der Waals surface area contributed by atoms with Crippen LogP contribution in [0.1, 0.15) is 48.8 Å². The van der Waals surface area contributed by atoms with Gasteiger partial charge in [0.15, 0.2) is 11.6 Å². The van der Waals surface area contributed by atoms with Gasteiger partial charge in [0.25, 0.3) is 5.91 Å². The number of carbonyl (C=O) groups excluding carboxylic acids is 1. The van der Waals surface area contributed by atoms with E-state index in [1.165, 1.54) is 19.4 Å². The van der Waals surface area contributed by atoms with Gasteiger partial charge in [-0.25, -0.2) is 4.98 Å². The van der Waals surface area contributed by atoms with Gasteiger partial charge in [-0.05, 0) is 46.1 Å². The van der Waals surface area contributed by atoms with Crippen LogP contribution in [-0.2, 0) is 0 Å². The summed E-state index contributed by atoms with van der Waals surface area (Å²) >= 11 is 0. The monoisotopic (exact) mass is 279 g/mol. The molecule has 0 saturated carbocycles. The number of oxazole rings is 1. The molecule has 1 aromatic heterocycles. The molecule has 2 heterocycles. The highest BCUT2D eigenvalue weighted by molar-refractivity contribution is 5.93. The number of aryl methyl sites for hydroxylation is 2. The van der Waals surface area contributed by atoms with Gasteiger partial charge in [-0.15, -0.1) is 0 Å². The molecule has 0 unspecified atom stereocenters. The Labute approximate surface area is 120 Å². The van der Waals surface area contributed by atoms with E-state index in [0.29, 0.717) is 35.8 Å². The lowest BCUT2D eigenvalue weighted by molar-refractivity contribution is 0.0917. The van der Waals surface area contributed by atoms with Crippen LogP contribution >= 0.6 is 0 Å². The van der Waals surface area contributed by atoms with Crippen molar-refractivity contribution < 1.29 is 9.21 Å². The van der Waals surface area contributed by atoms with Gasteiger partial charge in [-0.1, -0.05) is 0 Å². The molecule has 1 saturated heterocycles. The second-order valence-corrected chi connectivity index (χ2v) is 5.94. The first kappa shape index (κ1) is 15.0. The van der Waals surface area contributed by atoms with Gasteiger partial charge in [0.2, 0.25) is 0 Å². The molecule has 1 atom stereocenters. The zero-order valence-corrected chi connectivity index (χ0v) is 12.9. The summed E-state index contributed by atoms with van der Waals surface area (Å²) in [6, 6.07) is 0.578. The van der Waals surface area contributed by atoms with Gasteiger partial charge < -0.3 is 14.6 Å². The first-order valence-electron chi connectivity index (χ1n) is 7.43. The molecule has 1 amide bonds. The molecule has 0 aromatic carbocycles. The third-order valence-electron chi connectivity index (χ3n) is 3.95. The number of carbonyl (C=O) groups is 1. The Morgan fingerprint density at radius 3 is 2.85 bits per heavy atom. The number of amides is 1. The molecule has 5 heteroatoms. The minimum absolute atomic E-state index is 0.124. The molecule has 0 aliphatic carbocycles. The summed E-state index contributed by atoms with van der Waals surface area (Å²) in [4.78, 5) is 18.7. The van der Waals surface area contributed by atoms with E-state index in [-0.39, 0.29) is 5.91 Å². The molecule has 20 heavy (non-hydrogen) atoms. The molecule has 1 aliphatic rings.